The highest BCUT2D eigenvalue weighted by Crippen LogP contribution is 2.29. The molecule has 1 heterocycles. The van der Waals surface area contributed by atoms with E-state index in [-0.39, 0.29) is 16.3 Å². The van der Waals surface area contributed by atoms with Crippen molar-refractivity contribution in [1.82, 2.24) is 0 Å². The molecule has 0 aromatic heterocycles. The Hall–Kier alpha value is -2.10. The number of hydrogen-bond acceptors (Lipinski definition) is 5. The Balaban J connectivity index is 1.87. The van der Waals surface area contributed by atoms with Gasteiger partial charge in [0.1, 0.15) is 0 Å². The first kappa shape index (κ1) is 18.7. The van der Waals surface area contributed by atoms with Crippen LogP contribution in [0.5, 0.6) is 0 Å². The van der Waals surface area contributed by atoms with Gasteiger partial charge in [0.25, 0.3) is 10.0 Å². The maximum absolute atomic E-state index is 12.4. The summed E-state index contributed by atoms with van der Waals surface area (Å²) in [5.74, 6) is -1.42. The number of carbonyl (C=O) groups excluding carboxylic acids is 1. The summed E-state index contributed by atoms with van der Waals surface area (Å²) < 4.78 is 52.2. The van der Waals surface area contributed by atoms with E-state index in [1.807, 2.05) is 0 Å². The van der Waals surface area contributed by atoms with Crippen molar-refractivity contribution in [1.29, 1.82) is 0 Å². The van der Waals surface area contributed by atoms with Gasteiger partial charge in [-0.25, -0.2) is 21.1 Å². The van der Waals surface area contributed by atoms with Gasteiger partial charge in [-0.1, -0.05) is 18.5 Å². The zero-order valence-corrected chi connectivity index (χ0v) is 16.0. The molecule has 1 aliphatic rings. The fourth-order valence-electron chi connectivity index (χ4n) is 2.58. The molecule has 138 valence electrons. The fraction of sp³-hybridized carbons (Fsp3) is 0.188. The van der Waals surface area contributed by atoms with Crippen molar-refractivity contribution in [2.45, 2.75) is 11.8 Å². The molecule has 1 aliphatic heterocycles. The molecule has 1 atom stereocenters. The predicted octanol–water partition coefficient (Wildman–Crippen LogP) is 2.45. The van der Waals surface area contributed by atoms with Gasteiger partial charge in [-0.05, 0) is 48.5 Å². The Kier molecular flexibility index (Phi) is 4.72. The van der Waals surface area contributed by atoms with Gasteiger partial charge in [0, 0.05) is 10.7 Å². The van der Waals surface area contributed by atoms with E-state index in [0.717, 1.165) is 4.31 Å². The molecule has 3 rings (SSSR count). The molecule has 1 amide bonds. The summed E-state index contributed by atoms with van der Waals surface area (Å²) in [4.78, 5) is 12.0. The van der Waals surface area contributed by atoms with Crippen LogP contribution in [0.2, 0.25) is 5.02 Å². The minimum atomic E-state index is -3.87. The van der Waals surface area contributed by atoms with Crippen molar-refractivity contribution in [3.8, 4) is 0 Å². The Morgan fingerprint density at radius 3 is 2.15 bits per heavy atom. The largest absolute Gasteiger partial charge is 0.280 e. The third-order valence-corrected chi connectivity index (χ3v) is 7.36. The number of hydrogen-bond donors (Lipinski definition) is 1. The summed E-state index contributed by atoms with van der Waals surface area (Å²) in [6.45, 7) is 1.54. The quantitative estimate of drug-likeness (QED) is 0.828. The molecule has 26 heavy (non-hydrogen) atoms. The number of benzene rings is 2. The molecule has 7 nitrogen and oxygen atoms in total. The monoisotopic (exact) mass is 414 g/mol. The molecule has 2 aromatic rings. The smallest absolute Gasteiger partial charge is 0.261 e. The lowest BCUT2D eigenvalue weighted by molar-refractivity contribution is -0.119. The van der Waals surface area contributed by atoms with Crippen LogP contribution < -0.4 is 9.03 Å². The average molecular weight is 415 g/mol. The van der Waals surface area contributed by atoms with Crippen LogP contribution in [0.3, 0.4) is 0 Å². The second kappa shape index (κ2) is 6.57. The maximum Gasteiger partial charge on any atom is 0.261 e. The van der Waals surface area contributed by atoms with Crippen LogP contribution in [0, 0.1) is 5.92 Å². The maximum atomic E-state index is 12.4. The highest BCUT2D eigenvalue weighted by Gasteiger charge is 2.41. The fourth-order valence-corrected chi connectivity index (χ4v) is 5.58. The summed E-state index contributed by atoms with van der Waals surface area (Å²) in [5, 5.41) is 0.475. The van der Waals surface area contributed by atoms with E-state index in [0.29, 0.717) is 10.7 Å². The Bertz CT molecular complexity index is 1050. The van der Waals surface area contributed by atoms with Crippen LogP contribution >= 0.6 is 11.6 Å². The van der Waals surface area contributed by atoms with Crippen LogP contribution in [-0.4, -0.2) is 28.5 Å². The Morgan fingerprint density at radius 1 is 1.08 bits per heavy atom. The molecular weight excluding hydrogens is 400 g/mol. The van der Waals surface area contributed by atoms with E-state index in [1.165, 1.54) is 43.3 Å². The third kappa shape index (κ3) is 3.55. The van der Waals surface area contributed by atoms with Crippen LogP contribution in [0.15, 0.2) is 53.4 Å². The molecule has 1 fully saturated rings. The molecule has 0 spiro atoms. The van der Waals surface area contributed by atoms with E-state index in [4.69, 9.17) is 11.6 Å². The molecule has 10 heteroatoms. The molecule has 0 radical (unpaired) electrons. The minimum Gasteiger partial charge on any atom is -0.280 e. The van der Waals surface area contributed by atoms with Gasteiger partial charge in [-0.15, -0.1) is 0 Å². The molecule has 1 unspecified atom stereocenters. The van der Waals surface area contributed by atoms with Gasteiger partial charge in [0.2, 0.25) is 15.9 Å². The summed E-state index contributed by atoms with van der Waals surface area (Å²) in [5.41, 5.74) is 0.453. The Labute approximate surface area is 156 Å². The molecule has 0 saturated carbocycles. The van der Waals surface area contributed by atoms with Crippen molar-refractivity contribution in [3.05, 3.63) is 53.6 Å². The molecule has 2 aromatic carbocycles. The number of carbonyl (C=O) groups is 1. The van der Waals surface area contributed by atoms with Gasteiger partial charge in [-0.3, -0.25) is 9.52 Å². The summed E-state index contributed by atoms with van der Waals surface area (Å²) in [7, 11) is -7.60. The predicted molar refractivity (Wildman–Crippen MR) is 99.1 cm³/mol. The highest BCUT2D eigenvalue weighted by atomic mass is 35.5. The number of amides is 1. The molecule has 0 bridgehead atoms. The van der Waals surface area contributed by atoms with Crippen LogP contribution in [-0.2, 0) is 24.8 Å². The van der Waals surface area contributed by atoms with Crippen molar-refractivity contribution < 1.29 is 21.6 Å². The average Bonchev–Trinajstić information content (AvgIpc) is 2.77. The van der Waals surface area contributed by atoms with E-state index in [1.54, 1.807) is 12.1 Å². The first-order valence-corrected chi connectivity index (χ1v) is 11.0. The summed E-state index contributed by atoms with van der Waals surface area (Å²) >= 11 is 5.77. The molecule has 0 aliphatic carbocycles. The number of nitrogens with zero attached hydrogens (tertiary/aromatic N) is 1. The van der Waals surface area contributed by atoms with Crippen LogP contribution in [0.4, 0.5) is 11.4 Å². The van der Waals surface area contributed by atoms with Gasteiger partial charge >= 0.3 is 0 Å². The van der Waals surface area contributed by atoms with Crippen molar-refractivity contribution >= 4 is 48.9 Å². The third-order valence-electron chi connectivity index (χ3n) is 3.84. The number of nitrogens with one attached hydrogen (secondary N) is 1. The van der Waals surface area contributed by atoms with E-state index >= 15 is 0 Å². The SMILES string of the molecule is CC1CS(=O)(=O)N(c2ccc(S(=O)(=O)Nc3ccc(Cl)cc3)cc2)C1=O. The first-order chi connectivity index (χ1) is 12.1. The van der Waals surface area contributed by atoms with Gasteiger partial charge < -0.3 is 0 Å². The molecule has 1 saturated heterocycles. The van der Waals surface area contributed by atoms with Gasteiger partial charge in [0.05, 0.1) is 22.3 Å². The topological polar surface area (TPSA) is 101 Å². The lowest BCUT2D eigenvalue weighted by atomic mass is 10.2. The van der Waals surface area contributed by atoms with E-state index in [2.05, 4.69) is 4.72 Å². The lowest BCUT2D eigenvalue weighted by Gasteiger charge is -2.16. The minimum absolute atomic E-state index is 0.0618. The summed E-state index contributed by atoms with van der Waals surface area (Å²) in [6, 6.07) is 11.2. The van der Waals surface area contributed by atoms with Crippen LogP contribution in [0.25, 0.3) is 0 Å². The zero-order chi connectivity index (χ0) is 19.1. The van der Waals surface area contributed by atoms with E-state index < -0.39 is 31.9 Å². The van der Waals surface area contributed by atoms with Crippen molar-refractivity contribution in [2.75, 3.05) is 14.8 Å². The van der Waals surface area contributed by atoms with Crippen molar-refractivity contribution in [2.24, 2.45) is 5.92 Å². The lowest BCUT2D eigenvalue weighted by Crippen LogP contribution is -2.30. The number of sulfonamides is 2. The van der Waals surface area contributed by atoms with Crippen molar-refractivity contribution in [3.63, 3.8) is 0 Å². The summed E-state index contributed by atoms with van der Waals surface area (Å²) in [6.07, 6.45) is 0. The van der Waals surface area contributed by atoms with Crippen LogP contribution in [0.1, 0.15) is 6.92 Å². The highest BCUT2D eigenvalue weighted by molar-refractivity contribution is 7.94. The second-order valence-corrected chi connectivity index (χ2v) is 9.87. The molecular formula is C16H15ClN2O5S2. The first-order valence-electron chi connectivity index (χ1n) is 7.55. The number of rotatable bonds is 4. The zero-order valence-electron chi connectivity index (χ0n) is 13.6. The molecule has 1 N–H and O–H groups in total. The van der Waals surface area contributed by atoms with Gasteiger partial charge in [0.15, 0.2) is 0 Å². The Morgan fingerprint density at radius 2 is 1.65 bits per heavy atom. The van der Waals surface area contributed by atoms with E-state index in [9.17, 15) is 21.6 Å². The number of halogens is 1. The normalized spacial score (nSPS) is 19.5. The number of anilines is 2. The second-order valence-electron chi connectivity index (χ2n) is 5.89. The standard InChI is InChI=1S/C16H15ClN2O5S2/c1-11-10-25(21,22)19(16(11)20)14-6-8-15(9-7-14)26(23,24)18-13-4-2-12(17)3-5-13/h2-9,11,18H,10H2,1H3. The van der Waals surface area contributed by atoms with Gasteiger partial charge in [-0.2, -0.15) is 0 Å².